The lowest BCUT2D eigenvalue weighted by Crippen LogP contribution is -2.55. The van der Waals surface area contributed by atoms with Gasteiger partial charge in [-0.15, -0.1) is 0 Å². The minimum absolute atomic E-state index is 0.0709. The molecule has 1 heterocycles. The fourth-order valence-corrected chi connectivity index (χ4v) is 5.78. The number of hydrogen-bond acceptors (Lipinski definition) is 4. The molecule has 1 aromatic carbocycles. The molecule has 1 unspecified atom stereocenters. The van der Waals surface area contributed by atoms with E-state index in [4.69, 9.17) is 9.15 Å². The van der Waals surface area contributed by atoms with Gasteiger partial charge in [-0.25, -0.2) is 4.79 Å². The summed E-state index contributed by atoms with van der Waals surface area (Å²) in [6.45, 7) is 11.7. The van der Waals surface area contributed by atoms with Crippen molar-refractivity contribution in [3.05, 3.63) is 52.9 Å². The summed E-state index contributed by atoms with van der Waals surface area (Å²) >= 11 is 0. The Morgan fingerprint density at radius 2 is 1.96 bits per heavy atom. The van der Waals surface area contributed by atoms with E-state index in [1.807, 2.05) is 12.1 Å². The average molecular weight is 383 g/mol. The molecule has 0 bridgehead atoms. The molecular formula is C24H30O4. The third-order valence-corrected chi connectivity index (χ3v) is 7.56. The van der Waals surface area contributed by atoms with Gasteiger partial charge in [-0.1, -0.05) is 32.9 Å². The minimum Gasteiger partial charge on any atom is -0.493 e. The zero-order valence-corrected chi connectivity index (χ0v) is 17.0. The highest BCUT2D eigenvalue weighted by Crippen LogP contribution is 2.60. The summed E-state index contributed by atoms with van der Waals surface area (Å²) < 4.78 is 11.5. The van der Waals surface area contributed by atoms with Gasteiger partial charge in [-0.05, 0) is 60.6 Å². The predicted molar refractivity (Wildman–Crippen MR) is 110 cm³/mol. The highest BCUT2D eigenvalue weighted by atomic mass is 16.5. The average Bonchev–Trinajstić information content (AvgIpc) is 2.64. The van der Waals surface area contributed by atoms with E-state index in [0.717, 1.165) is 31.1 Å². The molecule has 150 valence electrons. The number of ether oxygens (including phenoxy) is 1. The summed E-state index contributed by atoms with van der Waals surface area (Å²) in [7, 11) is 0. The second-order valence-corrected chi connectivity index (χ2v) is 9.45. The molecule has 2 aliphatic carbocycles. The second kappa shape index (κ2) is 6.77. The summed E-state index contributed by atoms with van der Waals surface area (Å²) in [4.78, 5) is 11.5. The van der Waals surface area contributed by atoms with E-state index in [9.17, 15) is 9.90 Å². The van der Waals surface area contributed by atoms with Crippen LogP contribution < -0.4 is 10.4 Å². The van der Waals surface area contributed by atoms with Crippen molar-refractivity contribution in [2.45, 2.75) is 52.6 Å². The molecule has 0 aliphatic heterocycles. The van der Waals surface area contributed by atoms with Gasteiger partial charge in [0, 0.05) is 23.4 Å². The topological polar surface area (TPSA) is 59.7 Å². The van der Waals surface area contributed by atoms with Gasteiger partial charge in [0.25, 0.3) is 0 Å². The zero-order chi connectivity index (χ0) is 20.1. The van der Waals surface area contributed by atoms with Gasteiger partial charge < -0.3 is 14.3 Å². The summed E-state index contributed by atoms with van der Waals surface area (Å²) in [5, 5.41) is 11.5. The van der Waals surface area contributed by atoms with E-state index in [1.54, 1.807) is 12.1 Å². The molecule has 0 saturated heterocycles. The fourth-order valence-electron chi connectivity index (χ4n) is 5.78. The molecule has 2 aliphatic rings. The van der Waals surface area contributed by atoms with Gasteiger partial charge >= 0.3 is 5.63 Å². The van der Waals surface area contributed by atoms with Gasteiger partial charge in [0.1, 0.15) is 11.3 Å². The number of aliphatic hydroxyl groups excluding tert-OH is 1. The molecule has 1 aromatic heterocycles. The van der Waals surface area contributed by atoms with Crippen LogP contribution in [0.4, 0.5) is 0 Å². The molecular weight excluding hydrogens is 352 g/mol. The molecule has 2 saturated carbocycles. The number of rotatable bonds is 3. The number of aliphatic hydroxyl groups is 1. The van der Waals surface area contributed by atoms with Crippen LogP contribution >= 0.6 is 0 Å². The lowest BCUT2D eigenvalue weighted by molar-refractivity contribution is -0.128. The Morgan fingerprint density at radius 1 is 1.21 bits per heavy atom. The molecule has 28 heavy (non-hydrogen) atoms. The highest BCUT2D eigenvalue weighted by molar-refractivity contribution is 5.77. The van der Waals surface area contributed by atoms with E-state index < -0.39 is 0 Å². The zero-order valence-electron chi connectivity index (χ0n) is 17.0. The van der Waals surface area contributed by atoms with Crippen LogP contribution in [0, 0.1) is 22.7 Å². The normalized spacial score (nSPS) is 32.1. The van der Waals surface area contributed by atoms with E-state index >= 15 is 0 Å². The van der Waals surface area contributed by atoms with Crippen LogP contribution in [0.2, 0.25) is 0 Å². The van der Waals surface area contributed by atoms with Crippen molar-refractivity contribution in [3.63, 3.8) is 0 Å². The quantitative estimate of drug-likeness (QED) is 0.603. The first-order chi connectivity index (χ1) is 13.2. The third kappa shape index (κ3) is 3.08. The molecule has 0 spiro atoms. The number of fused-ring (bicyclic) bond motifs is 2. The van der Waals surface area contributed by atoms with E-state index in [0.29, 0.717) is 23.9 Å². The van der Waals surface area contributed by atoms with Crippen molar-refractivity contribution in [1.29, 1.82) is 0 Å². The van der Waals surface area contributed by atoms with Crippen molar-refractivity contribution < 1.29 is 14.3 Å². The maximum atomic E-state index is 11.5. The van der Waals surface area contributed by atoms with Crippen LogP contribution in [0.1, 0.15) is 46.5 Å². The van der Waals surface area contributed by atoms with E-state index in [2.05, 4.69) is 27.4 Å². The van der Waals surface area contributed by atoms with Gasteiger partial charge in [-0.2, -0.15) is 0 Å². The van der Waals surface area contributed by atoms with Crippen LogP contribution in [0.3, 0.4) is 0 Å². The molecule has 0 amide bonds. The van der Waals surface area contributed by atoms with Crippen LogP contribution in [-0.4, -0.2) is 17.8 Å². The predicted octanol–water partition coefficient (Wildman–Crippen LogP) is 4.94. The smallest absolute Gasteiger partial charge is 0.336 e. The highest BCUT2D eigenvalue weighted by Gasteiger charge is 2.56. The number of benzene rings is 1. The Kier molecular flexibility index (Phi) is 4.65. The van der Waals surface area contributed by atoms with Crippen molar-refractivity contribution in [2.75, 3.05) is 6.61 Å². The first kappa shape index (κ1) is 19.3. The maximum absolute atomic E-state index is 11.5. The third-order valence-electron chi connectivity index (χ3n) is 7.56. The Hall–Kier alpha value is -2.07. The van der Waals surface area contributed by atoms with Crippen LogP contribution in [-0.2, 0) is 0 Å². The molecule has 2 aromatic rings. The molecule has 4 rings (SSSR count). The molecule has 0 radical (unpaired) electrons. The standard InChI is InChI=1S/C24H30O4/c1-15-5-9-20-23(2,3)21(25)11-12-24(20,4)18(15)14-27-17-8-6-16-7-10-22(26)28-19(16)13-17/h6-8,10,13,18,20-21,25H,1,5,9,11-12,14H2,2-4H3/t18-,20?,21+,24-/m1/s1. The van der Waals surface area contributed by atoms with Gasteiger partial charge in [0.15, 0.2) is 0 Å². The Labute approximate surface area is 166 Å². The SMILES string of the molecule is C=C1CCC2C(C)(C)[C@@H](O)CC[C@]2(C)[C@@H]1COc1ccc2ccc(=O)oc2c1. The van der Waals surface area contributed by atoms with E-state index in [-0.39, 0.29) is 28.5 Å². The second-order valence-electron chi connectivity index (χ2n) is 9.45. The first-order valence-electron chi connectivity index (χ1n) is 10.2. The molecule has 1 N–H and O–H groups in total. The molecule has 2 fully saturated rings. The van der Waals surface area contributed by atoms with Crippen molar-refractivity contribution in [3.8, 4) is 5.75 Å². The summed E-state index contributed by atoms with van der Waals surface area (Å²) in [5.41, 5.74) is 1.40. The monoisotopic (exact) mass is 382 g/mol. The molecule has 4 nitrogen and oxygen atoms in total. The fraction of sp³-hybridized carbons (Fsp3) is 0.542. The van der Waals surface area contributed by atoms with Crippen molar-refractivity contribution in [2.24, 2.45) is 22.7 Å². The van der Waals surface area contributed by atoms with Gasteiger partial charge in [-0.3, -0.25) is 0 Å². The Balaban J connectivity index is 1.58. The summed E-state index contributed by atoms with van der Waals surface area (Å²) in [6, 6.07) is 8.80. The van der Waals surface area contributed by atoms with E-state index in [1.165, 1.54) is 11.6 Å². The van der Waals surface area contributed by atoms with Crippen LogP contribution in [0.5, 0.6) is 5.75 Å². The Bertz CT molecular complexity index is 956. The molecule has 4 heteroatoms. The van der Waals surface area contributed by atoms with Gasteiger partial charge in [0.2, 0.25) is 0 Å². The van der Waals surface area contributed by atoms with Crippen LogP contribution in [0.15, 0.2) is 51.7 Å². The lowest BCUT2D eigenvalue weighted by atomic mass is 9.47. The first-order valence-corrected chi connectivity index (χ1v) is 10.2. The van der Waals surface area contributed by atoms with Gasteiger partial charge in [0.05, 0.1) is 12.7 Å². The molecule has 4 atom stereocenters. The van der Waals surface area contributed by atoms with Crippen molar-refractivity contribution >= 4 is 11.0 Å². The Morgan fingerprint density at radius 3 is 2.75 bits per heavy atom. The van der Waals surface area contributed by atoms with Crippen molar-refractivity contribution in [1.82, 2.24) is 0 Å². The minimum atomic E-state index is -0.358. The maximum Gasteiger partial charge on any atom is 0.336 e. The number of hydrogen-bond donors (Lipinski definition) is 1. The summed E-state index contributed by atoms with van der Waals surface area (Å²) in [5.74, 6) is 1.39. The largest absolute Gasteiger partial charge is 0.493 e. The van der Waals surface area contributed by atoms with Crippen LogP contribution in [0.25, 0.3) is 11.0 Å². The summed E-state index contributed by atoms with van der Waals surface area (Å²) in [6.07, 6.45) is 3.63. The lowest BCUT2D eigenvalue weighted by Gasteiger charge is -2.59.